The van der Waals surface area contributed by atoms with E-state index in [0.29, 0.717) is 6.54 Å². The summed E-state index contributed by atoms with van der Waals surface area (Å²) in [6.07, 6.45) is 8.78. The van der Waals surface area contributed by atoms with E-state index in [4.69, 9.17) is 4.55 Å². The first-order valence-electron chi connectivity index (χ1n) is 5.50. The van der Waals surface area contributed by atoms with Crippen LogP contribution < -0.4 is 0 Å². The summed E-state index contributed by atoms with van der Waals surface area (Å²) in [7, 11) is -4.14. The van der Waals surface area contributed by atoms with Gasteiger partial charge in [0.25, 0.3) is 10.1 Å². The summed E-state index contributed by atoms with van der Waals surface area (Å²) in [5.74, 6) is 0. The van der Waals surface area contributed by atoms with Gasteiger partial charge in [0.2, 0.25) is 0 Å². The van der Waals surface area contributed by atoms with Crippen molar-refractivity contribution in [3.63, 3.8) is 0 Å². The number of aliphatic imine (C=N–C) groups is 1. The van der Waals surface area contributed by atoms with Crippen molar-refractivity contribution in [2.75, 3.05) is 0 Å². The molecule has 0 aliphatic heterocycles. The monoisotopic (exact) mass is 263 g/mol. The summed E-state index contributed by atoms with van der Waals surface area (Å²) in [5, 5.41) is 0. The minimum absolute atomic E-state index is 0.102. The molecule has 0 heterocycles. The highest BCUT2D eigenvalue weighted by atomic mass is 32.2. The minimum Gasteiger partial charge on any atom is -0.282 e. The number of rotatable bonds is 3. The molecule has 0 fully saturated rings. The molecule has 4 nitrogen and oxygen atoms in total. The maximum atomic E-state index is 11.0. The zero-order chi connectivity index (χ0) is 13.0. The molecule has 0 radical (unpaired) electrons. The van der Waals surface area contributed by atoms with Crippen molar-refractivity contribution in [3.8, 4) is 0 Å². The maximum absolute atomic E-state index is 11.0. The highest BCUT2D eigenvalue weighted by Crippen LogP contribution is 2.12. The van der Waals surface area contributed by atoms with E-state index in [1.165, 1.54) is 12.1 Å². The number of hydrogen-bond acceptors (Lipinski definition) is 3. The molecule has 5 heteroatoms. The first-order chi connectivity index (χ1) is 8.55. The molecule has 2 rings (SSSR count). The zero-order valence-electron chi connectivity index (χ0n) is 9.65. The van der Waals surface area contributed by atoms with E-state index < -0.39 is 10.1 Å². The van der Waals surface area contributed by atoms with Gasteiger partial charge in [-0.15, -0.1) is 0 Å². The predicted molar refractivity (Wildman–Crippen MR) is 70.3 cm³/mol. The van der Waals surface area contributed by atoms with Gasteiger partial charge in [0.05, 0.1) is 17.2 Å². The molecule has 0 amide bonds. The fourth-order valence-corrected chi connectivity index (χ4v) is 2.15. The second-order valence-electron chi connectivity index (χ2n) is 3.90. The Hall–Kier alpha value is -1.72. The van der Waals surface area contributed by atoms with E-state index in [-0.39, 0.29) is 4.90 Å². The lowest BCUT2D eigenvalue weighted by atomic mass is 10.2. The topological polar surface area (TPSA) is 66.7 Å². The predicted octanol–water partition coefficient (Wildman–Crippen LogP) is 2.39. The molecular formula is C13H13NO3S. The van der Waals surface area contributed by atoms with Crippen LogP contribution in [0.25, 0.3) is 0 Å². The van der Waals surface area contributed by atoms with E-state index in [9.17, 15) is 8.42 Å². The van der Waals surface area contributed by atoms with Crippen molar-refractivity contribution in [1.82, 2.24) is 0 Å². The summed E-state index contributed by atoms with van der Waals surface area (Å²) >= 11 is 0. The molecule has 0 saturated carbocycles. The molecule has 0 spiro atoms. The second kappa shape index (κ2) is 5.29. The number of nitrogens with zero attached hydrogens (tertiary/aromatic N) is 1. The van der Waals surface area contributed by atoms with Crippen LogP contribution in [0.5, 0.6) is 0 Å². The molecule has 1 aliphatic rings. The normalized spacial score (nSPS) is 14.8. The highest BCUT2D eigenvalue weighted by molar-refractivity contribution is 7.85. The maximum Gasteiger partial charge on any atom is 0.294 e. The Morgan fingerprint density at radius 2 is 1.94 bits per heavy atom. The second-order valence-corrected chi connectivity index (χ2v) is 5.33. The number of allylic oxidation sites excluding steroid dienone is 4. The van der Waals surface area contributed by atoms with E-state index in [0.717, 1.165) is 17.7 Å². The van der Waals surface area contributed by atoms with Gasteiger partial charge in [-0.05, 0) is 36.3 Å². The van der Waals surface area contributed by atoms with Gasteiger partial charge in [-0.25, -0.2) is 0 Å². The largest absolute Gasteiger partial charge is 0.294 e. The van der Waals surface area contributed by atoms with E-state index in [1.807, 2.05) is 24.3 Å². The van der Waals surface area contributed by atoms with Gasteiger partial charge in [0.1, 0.15) is 0 Å². The molecule has 0 saturated heterocycles. The molecule has 1 aromatic carbocycles. The first kappa shape index (κ1) is 12.7. The highest BCUT2D eigenvalue weighted by Gasteiger charge is 2.09. The van der Waals surface area contributed by atoms with Crippen molar-refractivity contribution in [2.45, 2.75) is 17.9 Å². The van der Waals surface area contributed by atoms with Crippen molar-refractivity contribution in [2.24, 2.45) is 4.99 Å². The van der Waals surface area contributed by atoms with Crippen molar-refractivity contribution < 1.29 is 13.0 Å². The van der Waals surface area contributed by atoms with Crippen LogP contribution in [0.15, 0.2) is 58.5 Å². The standard InChI is InChI=1S/C13H13NO3S/c15-18(16,17)13-8-4-5-11(9-13)10-14-12-6-2-1-3-7-12/h2-9H,1,10H2,(H,15,16,17). The average Bonchev–Trinajstić information content (AvgIpc) is 2.37. The van der Waals surface area contributed by atoms with Crippen LogP contribution in [-0.2, 0) is 16.7 Å². The molecule has 18 heavy (non-hydrogen) atoms. The summed E-state index contributed by atoms with van der Waals surface area (Å²) in [6.45, 7) is 0.382. The van der Waals surface area contributed by atoms with E-state index in [2.05, 4.69) is 4.99 Å². The summed E-state index contributed by atoms with van der Waals surface area (Å²) in [5.41, 5.74) is 1.60. The van der Waals surface area contributed by atoms with Crippen LogP contribution in [0.2, 0.25) is 0 Å². The van der Waals surface area contributed by atoms with Gasteiger partial charge in [0, 0.05) is 0 Å². The molecule has 0 atom stereocenters. The Labute approximate surface area is 106 Å². The molecule has 1 aromatic rings. The van der Waals surface area contributed by atoms with Gasteiger partial charge in [-0.1, -0.05) is 24.3 Å². The van der Waals surface area contributed by atoms with Crippen molar-refractivity contribution in [1.29, 1.82) is 0 Å². The van der Waals surface area contributed by atoms with E-state index in [1.54, 1.807) is 12.1 Å². The van der Waals surface area contributed by atoms with Gasteiger partial charge >= 0.3 is 0 Å². The average molecular weight is 263 g/mol. The lowest BCUT2D eigenvalue weighted by Gasteiger charge is -2.02. The lowest BCUT2D eigenvalue weighted by Crippen LogP contribution is -1.99. The van der Waals surface area contributed by atoms with Gasteiger partial charge in [0.15, 0.2) is 0 Å². The third-order valence-electron chi connectivity index (χ3n) is 2.49. The lowest BCUT2D eigenvalue weighted by molar-refractivity contribution is 0.483. The van der Waals surface area contributed by atoms with Gasteiger partial charge in [-0.3, -0.25) is 9.55 Å². The van der Waals surface area contributed by atoms with E-state index >= 15 is 0 Å². The fourth-order valence-electron chi connectivity index (χ4n) is 1.60. The third-order valence-corrected chi connectivity index (χ3v) is 3.34. The van der Waals surface area contributed by atoms with Crippen LogP contribution >= 0.6 is 0 Å². The zero-order valence-corrected chi connectivity index (χ0v) is 10.5. The smallest absolute Gasteiger partial charge is 0.282 e. The fraction of sp³-hybridized carbons (Fsp3) is 0.154. The minimum atomic E-state index is -4.14. The Kier molecular flexibility index (Phi) is 3.74. The number of hydrogen-bond donors (Lipinski definition) is 1. The van der Waals surface area contributed by atoms with Crippen LogP contribution in [0, 0.1) is 0 Å². The SMILES string of the molecule is O=S(=O)(O)c1cccc(CN=C2C=CCC=C2)c1. The number of benzene rings is 1. The molecule has 1 N–H and O–H groups in total. The Balaban J connectivity index is 2.18. The Morgan fingerprint density at radius 1 is 1.22 bits per heavy atom. The van der Waals surface area contributed by atoms with Crippen molar-refractivity contribution >= 4 is 15.8 Å². The quantitative estimate of drug-likeness (QED) is 0.851. The Bertz CT molecular complexity index is 613. The molecular weight excluding hydrogens is 250 g/mol. The first-order valence-corrected chi connectivity index (χ1v) is 6.94. The molecule has 0 aromatic heterocycles. The van der Waals surface area contributed by atoms with Crippen LogP contribution in [0.3, 0.4) is 0 Å². The van der Waals surface area contributed by atoms with Crippen LogP contribution in [0.1, 0.15) is 12.0 Å². The van der Waals surface area contributed by atoms with Gasteiger partial charge in [-0.2, -0.15) is 8.42 Å². The summed E-state index contributed by atoms with van der Waals surface area (Å²) in [6, 6.07) is 6.14. The van der Waals surface area contributed by atoms with Gasteiger partial charge < -0.3 is 0 Å². The van der Waals surface area contributed by atoms with Crippen molar-refractivity contribution in [3.05, 3.63) is 54.1 Å². The molecule has 1 aliphatic carbocycles. The molecule has 0 unspecified atom stereocenters. The third kappa shape index (κ3) is 3.38. The molecule has 94 valence electrons. The van der Waals surface area contributed by atoms with Crippen LogP contribution in [0.4, 0.5) is 0 Å². The molecule has 0 bridgehead atoms. The Morgan fingerprint density at radius 3 is 2.61 bits per heavy atom. The summed E-state index contributed by atoms with van der Waals surface area (Å²) in [4.78, 5) is 4.24. The van der Waals surface area contributed by atoms with Crippen LogP contribution in [-0.4, -0.2) is 18.7 Å². The summed E-state index contributed by atoms with van der Waals surface area (Å²) < 4.78 is 30.9.